The van der Waals surface area contributed by atoms with Crippen LogP contribution in [0.4, 0.5) is 4.79 Å². The van der Waals surface area contributed by atoms with Crippen molar-refractivity contribution in [2.45, 2.75) is 25.9 Å². The third kappa shape index (κ3) is 2.08. The number of carbonyl (C=O) groups is 3. The van der Waals surface area contributed by atoms with E-state index in [9.17, 15) is 14.4 Å². The first-order valence-corrected chi connectivity index (χ1v) is 6.09. The molecule has 1 aromatic heterocycles. The number of nitrogens with one attached hydrogen (secondary N) is 1. The highest BCUT2D eigenvalue weighted by atomic mass is 32.1. The van der Waals surface area contributed by atoms with E-state index in [-0.39, 0.29) is 17.3 Å². The van der Waals surface area contributed by atoms with E-state index < -0.39 is 17.5 Å². The summed E-state index contributed by atoms with van der Waals surface area (Å²) >= 11 is 1.06. The Labute approximate surface area is 107 Å². The van der Waals surface area contributed by atoms with Crippen molar-refractivity contribution >= 4 is 29.2 Å². The molecule has 0 bridgehead atoms. The first-order chi connectivity index (χ1) is 8.31. The Hall–Kier alpha value is -1.89. The molecule has 18 heavy (non-hydrogen) atoms. The van der Waals surface area contributed by atoms with Crippen LogP contribution in [-0.2, 0) is 11.3 Å². The fraction of sp³-hybridized carbons (Fsp3) is 0.364. The molecular weight excluding hydrogens is 256 g/mol. The van der Waals surface area contributed by atoms with Crippen molar-refractivity contribution in [3.05, 3.63) is 21.9 Å². The molecule has 2 rings (SSSR count). The van der Waals surface area contributed by atoms with Gasteiger partial charge in [0.15, 0.2) is 0 Å². The van der Waals surface area contributed by atoms with Gasteiger partial charge >= 0.3 is 12.0 Å². The molecule has 0 aromatic carbocycles. The Balaban J connectivity index is 2.16. The highest BCUT2D eigenvalue weighted by Gasteiger charge is 2.44. The van der Waals surface area contributed by atoms with Crippen molar-refractivity contribution in [1.29, 1.82) is 0 Å². The number of rotatable bonds is 3. The van der Waals surface area contributed by atoms with Gasteiger partial charge in [-0.1, -0.05) is 0 Å². The summed E-state index contributed by atoms with van der Waals surface area (Å²) in [4.78, 5) is 36.2. The van der Waals surface area contributed by atoms with E-state index in [2.05, 4.69) is 5.32 Å². The van der Waals surface area contributed by atoms with Crippen molar-refractivity contribution in [3.63, 3.8) is 0 Å². The number of hydrogen-bond acceptors (Lipinski definition) is 4. The van der Waals surface area contributed by atoms with Crippen LogP contribution < -0.4 is 5.32 Å². The van der Waals surface area contributed by atoms with Gasteiger partial charge in [0.1, 0.15) is 10.4 Å². The summed E-state index contributed by atoms with van der Waals surface area (Å²) in [5.41, 5.74) is -0.899. The minimum absolute atomic E-state index is 0.103. The maximum Gasteiger partial charge on any atom is 0.345 e. The molecule has 3 amide bonds. The molecule has 7 heteroatoms. The monoisotopic (exact) mass is 268 g/mol. The molecule has 0 atom stereocenters. The Bertz CT molecular complexity index is 535. The second-order valence-electron chi connectivity index (χ2n) is 4.52. The van der Waals surface area contributed by atoms with Crippen LogP contribution in [0.3, 0.4) is 0 Å². The van der Waals surface area contributed by atoms with Gasteiger partial charge in [0.25, 0.3) is 5.91 Å². The van der Waals surface area contributed by atoms with Gasteiger partial charge in [-0.3, -0.25) is 9.69 Å². The van der Waals surface area contributed by atoms with Crippen molar-refractivity contribution < 1.29 is 19.5 Å². The van der Waals surface area contributed by atoms with Crippen molar-refractivity contribution in [1.82, 2.24) is 10.2 Å². The molecule has 0 unspecified atom stereocenters. The quantitative estimate of drug-likeness (QED) is 0.808. The Kier molecular flexibility index (Phi) is 2.86. The van der Waals surface area contributed by atoms with Crippen LogP contribution in [0.15, 0.2) is 12.1 Å². The van der Waals surface area contributed by atoms with E-state index >= 15 is 0 Å². The molecule has 1 aromatic rings. The van der Waals surface area contributed by atoms with Gasteiger partial charge in [0.05, 0.1) is 6.54 Å². The van der Waals surface area contributed by atoms with Crippen LogP contribution in [0, 0.1) is 0 Å². The van der Waals surface area contributed by atoms with E-state index in [0.29, 0.717) is 4.88 Å². The lowest BCUT2D eigenvalue weighted by molar-refractivity contribution is -0.130. The van der Waals surface area contributed by atoms with Gasteiger partial charge in [-0.2, -0.15) is 0 Å². The zero-order valence-electron chi connectivity index (χ0n) is 9.89. The maximum atomic E-state index is 11.9. The number of imide groups is 1. The molecule has 1 saturated heterocycles. The molecule has 96 valence electrons. The highest BCUT2D eigenvalue weighted by Crippen LogP contribution is 2.23. The topological polar surface area (TPSA) is 86.7 Å². The van der Waals surface area contributed by atoms with E-state index in [4.69, 9.17) is 5.11 Å². The first kappa shape index (κ1) is 12.6. The zero-order chi connectivity index (χ0) is 13.5. The van der Waals surface area contributed by atoms with E-state index in [1.165, 1.54) is 6.07 Å². The molecule has 2 N–H and O–H groups in total. The maximum absolute atomic E-state index is 11.9. The molecule has 1 fully saturated rings. The molecule has 0 aliphatic carbocycles. The number of carboxylic acids is 1. The van der Waals surface area contributed by atoms with E-state index in [1.807, 2.05) is 0 Å². The van der Waals surface area contributed by atoms with Crippen molar-refractivity contribution in [3.8, 4) is 0 Å². The second kappa shape index (κ2) is 4.09. The molecule has 6 nitrogen and oxygen atoms in total. The number of amides is 3. The molecule has 0 radical (unpaired) electrons. The predicted molar refractivity (Wildman–Crippen MR) is 64.4 cm³/mol. The van der Waals surface area contributed by atoms with Crippen LogP contribution >= 0.6 is 11.3 Å². The Morgan fingerprint density at radius 1 is 1.44 bits per heavy atom. The molecule has 0 spiro atoms. The minimum atomic E-state index is -1.01. The van der Waals surface area contributed by atoms with E-state index in [0.717, 1.165) is 16.2 Å². The summed E-state index contributed by atoms with van der Waals surface area (Å²) in [6, 6.07) is 2.63. The fourth-order valence-corrected chi connectivity index (χ4v) is 2.53. The summed E-state index contributed by atoms with van der Waals surface area (Å²) in [6.07, 6.45) is 0. The van der Waals surface area contributed by atoms with Crippen LogP contribution in [-0.4, -0.2) is 33.5 Å². The lowest BCUT2D eigenvalue weighted by atomic mass is 10.1. The molecule has 1 aliphatic rings. The standard InChI is InChI=1S/C11H12N2O4S/c1-11(2)9(16)13(10(17)12-11)5-6-3-4-7(18-6)8(14)15/h3-4H,5H2,1-2H3,(H,12,17)(H,14,15). The summed E-state index contributed by atoms with van der Waals surface area (Å²) in [6.45, 7) is 3.36. The molecular formula is C11H12N2O4S. The largest absolute Gasteiger partial charge is 0.477 e. The van der Waals surface area contributed by atoms with Gasteiger partial charge in [-0.25, -0.2) is 9.59 Å². The third-order valence-corrected chi connectivity index (χ3v) is 3.69. The summed E-state index contributed by atoms with van der Waals surface area (Å²) in [5.74, 6) is -1.32. The number of thiophene rings is 1. The summed E-state index contributed by atoms with van der Waals surface area (Å²) < 4.78 is 0. The number of hydrogen-bond donors (Lipinski definition) is 2. The fourth-order valence-electron chi connectivity index (χ4n) is 1.70. The normalized spacial score (nSPS) is 18.0. The molecule has 1 aliphatic heterocycles. The zero-order valence-corrected chi connectivity index (χ0v) is 10.7. The minimum Gasteiger partial charge on any atom is -0.477 e. The van der Waals surface area contributed by atoms with Crippen molar-refractivity contribution in [2.75, 3.05) is 0 Å². The van der Waals surface area contributed by atoms with Gasteiger partial charge in [0.2, 0.25) is 0 Å². The van der Waals surface area contributed by atoms with Gasteiger partial charge in [0, 0.05) is 4.88 Å². The molecule has 0 saturated carbocycles. The van der Waals surface area contributed by atoms with Crippen LogP contribution in [0.25, 0.3) is 0 Å². The second-order valence-corrected chi connectivity index (χ2v) is 5.69. The predicted octanol–water partition coefficient (Wildman–Crippen LogP) is 1.28. The third-order valence-electron chi connectivity index (χ3n) is 2.63. The number of carbonyl (C=O) groups excluding carboxylic acids is 2. The average molecular weight is 268 g/mol. The number of aromatic carboxylic acids is 1. The Morgan fingerprint density at radius 3 is 2.56 bits per heavy atom. The highest BCUT2D eigenvalue weighted by molar-refractivity contribution is 7.13. The Morgan fingerprint density at radius 2 is 2.11 bits per heavy atom. The average Bonchev–Trinajstić information content (AvgIpc) is 2.78. The number of nitrogens with zero attached hydrogens (tertiary/aromatic N) is 1. The van der Waals surface area contributed by atoms with Crippen LogP contribution in [0.5, 0.6) is 0 Å². The van der Waals surface area contributed by atoms with Crippen LogP contribution in [0.1, 0.15) is 28.4 Å². The van der Waals surface area contributed by atoms with E-state index in [1.54, 1.807) is 19.9 Å². The summed E-state index contributed by atoms with van der Waals surface area (Å²) in [5, 5.41) is 11.4. The smallest absolute Gasteiger partial charge is 0.345 e. The number of urea groups is 1. The lowest BCUT2D eigenvalue weighted by Gasteiger charge is -2.15. The lowest BCUT2D eigenvalue weighted by Crippen LogP contribution is -2.40. The first-order valence-electron chi connectivity index (χ1n) is 5.27. The molecule has 2 heterocycles. The van der Waals surface area contributed by atoms with Gasteiger partial charge in [-0.15, -0.1) is 11.3 Å². The van der Waals surface area contributed by atoms with Crippen molar-refractivity contribution in [2.24, 2.45) is 0 Å². The number of carboxylic acid groups (broad SMARTS) is 1. The summed E-state index contributed by atoms with van der Waals surface area (Å²) in [7, 11) is 0. The van der Waals surface area contributed by atoms with Gasteiger partial charge in [-0.05, 0) is 26.0 Å². The SMILES string of the molecule is CC1(C)NC(=O)N(Cc2ccc(C(=O)O)s2)C1=O. The van der Waals surface area contributed by atoms with Gasteiger partial charge < -0.3 is 10.4 Å². The van der Waals surface area contributed by atoms with Crippen LogP contribution in [0.2, 0.25) is 0 Å².